The molecule has 0 unspecified atom stereocenters. The van der Waals surface area contributed by atoms with Crippen molar-refractivity contribution in [2.45, 2.75) is 6.92 Å². The molecule has 4 heteroatoms. The lowest BCUT2D eigenvalue weighted by molar-refractivity contribution is 0.101. The van der Waals surface area contributed by atoms with E-state index in [0.29, 0.717) is 0 Å². The average Bonchev–Trinajstić information content (AvgIpc) is 2.08. The molecule has 0 aliphatic rings. The van der Waals surface area contributed by atoms with Crippen molar-refractivity contribution in [1.82, 2.24) is 0 Å². The Bertz CT molecular complexity index is 350. The highest BCUT2D eigenvalue weighted by atomic mass is 35.5. The first kappa shape index (κ1) is 9.99. The zero-order valence-electron chi connectivity index (χ0n) is 7.23. The fraction of sp³-hybridized carbons (Fsp3) is 0.222. The van der Waals surface area contributed by atoms with Crippen LogP contribution in [-0.4, -0.2) is 12.9 Å². The number of rotatable bonds is 2. The van der Waals surface area contributed by atoms with Crippen LogP contribution in [0.1, 0.15) is 17.3 Å². The summed E-state index contributed by atoms with van der Waals surface area (Å²) in [6, 6.07) is 2.22. The molecule has 0 amide bonds. The molecule has 0 fully saturated rings. The second-order valence-corrected chi connectivity index (χ2v) is 2.90. The molecular weight excluding hydrogens is 195 g/mol. The Hall–Kier alpha value is -1.09. The van der Waals surface area contributed by atoms with Gasteiger partial charge in [0.25, 0.3) is 0 Å². The van der Waals surface area contributed by atoms with Gasteiger partial charge in [-0.1, -0.05) is 11.6 Å². The number of Topliss-reactive ketones (excluding diaryl/α,β-unsaturated/α-hetero) is 1. The van der Waals surface area contributed by atoms with Crippen LogP contribution in [0.15, 0.2) is 12.1 Å². The highest BCUT2D eigenvalue weighted by molar-refractivity contribution is 6.35. The third-order valence-corrected chi connectivity index (χ3v) is 1.99. The maximum atomic E-state index is 12.9. The van der Waals surface area contributed by atoms with Crippen LogP contribution in [0.25, 0.3) is 0 Å². The van der Waals surface area contributed by atoms with E-state index in [1.54, 1.807) is 0 Å². The minimum Gasteiger partial charge on any atom is -0.495 e. The summed E-state index contributed by atoms with van der Waals surface area (Å²) >= 11 is 5.76. The number of carbonyl (C=O) groups excluding carboxylic acids is 1. The van der Waals surface area contributed by atoms with E-state index in [2.05, 4.69) is 0 Å². The molecule has 0 aromatic heterocycles. The molecule has 0 bridgehead atoms. The van der Waals surface area contributed by atoms with Crippen LogP contribution < -0.4 is 4.74 Å². The molecule has 1 rings (SSSR count). The van der Waals surface area contributed by atoms with E-state index in [1.165, 1.54) is 14.0 Å². The van der Waals surface area contributed by atoms with E-state index in [-0.39, 0.29) is 22.1 Å². The van der Waals surface area contributed by atoms with Crippen molar-refractivity contribution in [3.63, 3.8) is 0 Å². The van der Waals surface area contributed by atoms with Crippen LogP contribution in [0.5, 0.6) is 5.75 Å². The van der Waals surface area contributed by atoms with Gasteiger partial charge in [0.1, 0.15) is 11.6 Å². The normalized spacial score (nSPS) is 9.85. The molecule has 0 spiro atoms. The Morgan fingerprint density at radius 3 is 2.62 bits per heavy atom. The highest BCUT2D eigenvalue weighted by Crippen LogP contribution is 2.29. The summed E-state index contributed by atoms with van der Waals surface area (Å²) in [4.78, 5) is 11.0. The smallest absolute Gasteiger partial charge is 0.161 e. The Labute approximate surface area is 80.3 Å². The van der Waals surface area contributed by atoms with E-state index in [1.807, 2.05) is 0 Å². The number of methoxy groups -OCH3 is 1. The molecule has 2 nitrogen and oxygen atoms in total. The van der Waals surface area contributed by atoms with Crippen molar-refractivity contribution in [3.05, 3.63) is 28.5 Å². The van der Waals surface area contributed by atoms with E-state index >= 15 is 0 Å². The van der Waals surface area contributed by atoms with E-state index in [4.69, 9.17) is 16.3 Å². The van der Waals surface area contributed by atoms with Crippen LogP contribution >= 0.6 is 11.6 Å². The fourth-order valence-electron chi connectivity index (χ4n) is 0.969. The van der Waals surface area contributed by atoms with Gasteiger partial charge in [0, 0.05) is 11.6 Å². The molecule has 0 saturated carbocycles. The largest absolute Gasteiger partial charge is 0.495 e. The molecule has 0 aliphatic carbocycles. The van der Waals surface area contributed by atoms with E-state index in [9.17, 15) is 9.18 Å². The number of hydrogen-bond acceptors (Lipinski definition) is 2. The van der Waals surface area contributed by atoms with Crippen LogP contribution in [0, 0.1) is 5.82 Å². The van der Waals surface area contributed by atoms with Crippen molar-refractivity contribution in [2.24, 2.45) is 0 Å². The third kappa shape index (κ3) is 1.98. The van der Waals surface area contributed by atoms with Gasteiger partial charge < -0.3 is 4.74 Å². The number of ether oxygens (including phenoxy) is 1. The first-order valence-electron chi connectivity index (χ1n) is 3.60. The number of halogens is 2. The number of ketones is 1. The second-order valence-electron chi connectivity index (χ2n) is 2.53. The molecular formula is C9H8ClFO2. The molecule has 0 atom stereocenters. The topological polar surface area (TPSA) is 26.3 Å². The summed E-state index contributed by atoms with van der Waals surface area (Å²) < 4.78 is 17.7. The summed E-state index contributed by atoms with van der Waals surface area (Å²) in [5.74, 6) is -0.652. The monoisotopic (exact) mass is 202 g/mol. The van der Waals surface area contributed by atoms with Gasteiger partial charge in [-0.05, 0) is 13.0 Å². The number of hydrogen-bond donors (Lipinski definition) is 0. The molecule has 1 aromatic carbocycles. The van der Waals surface area contributed by atoms with Gasteiger partial charge in [0.05, 0.1) is 12.1 Å². The molecule has 0 radical (unpaired) electrons. The third-order valence-electron chi connectivity index (χ3n) is 1.60. The zero-order valence-corrected chi connectivity index (χ0v) is 7.98. The van der Waals surface area contributed by atoms with Gasteiger partial charge >= 0.3 is 0 Å². The van der Waals surface area contributed by atoms with Crippen LogP contribution in [-0.2, 0) is 0 Å². The van der Waals surface area contributed by atoms with E-state index < -0.39 is 5.82 Å². The Kier molecular flexibility index (Phi) is 2.88. The molecule has 70 valence electrons. The standard InChI is InChI=1S/C9H8ClFO2/c1-5(12)7-3-6(11)4-8(13-2)9(7)10/h3-4H,1-2H3. The molecule has 0 saturated heterocycles. The lowest BCUT2D eigenvalue weighted by Crippen LogP contribution is -1.97. The van der Waals surface area contributed by atoms with Gasteiger partial charge in [0.15, 0.2) is 5.78 Å². The van der Waals surface area contributed by atoms with E-state index in [0.717, 1.165) is 12.1 Å². The van der Waals surface area contributed by atoms with Gasteiger partial charge in [-0.2, -0.15) is 0 Å². The number of benzene rings is 1. The highest BCUT2D eigenvalue weighted by Gasteiger charge is 2.12. The Morgan fingerprint density at radius 2 is 2.15 bits per heavy atom. The Morgan fingerprint density at radius 1 is 1.54 bits per heavy atom. The molecule has 0 heterocycles. The molecule has 1 aromatic rings. The minimum absolute atomic E-state index is 0.138. The summed E-state index contributed by atoms with van der Waals surface area (Å²) in [6.45, 7) is 1.32. The predicted molar refractivity (Wildman–Crippen MR) is 48.0 cm³/mol. The SMILES string of the molecule is COc1cc(F)cc(C(C)=O)c1Cl. The van der Waals surface area contributed by atoms with Gasteiger partial charge in [0.2, 0.25) is 0 Å². The van der Waals surface area contributed by atoms with Gasteiger partial charge in [-0.15, -0.1) is 0 Å². The molecule has 13 heavy (non-hydrogen) atoms. The quantitative estimate of drug-likeness (QED) is 0.690. The lowest BCUT2D eigenvalue weighted by atomic mass is 10.1. The summed E-state index contributed by atoms with van der Waals surface area (Å²) in [5, 5.41) is 0.149. The predicted octanol–water partition coefficient (Wildman–Crippen LogP) is 2.69. The first-order chi connectivity index (χ1) is 6.06. The fourth-order valence-corrected chi connectivity index (χ4v) is 1.29. The second kappa shape index (κ2) is 3.75. The van der Waals surface area contributed by atoms with Gasteiger partial charge in [-0.3, -0.25) is 4.79 Å². The lowest BCUT2D eigenvalue weighted by Gasteiger charge is -2.06. The van der Waals surface area contributed by atoms with Crippen molar-refractivity contribution in [3.8, 4) is 5.75 Å². The van der Waals surface area contributed by atoms with Crippen LogP contribution in [0.4, 0.5) is 4.39 Å². The first-order valence-corrected chi connectivity index (χ1v) is 3.98. The number of carbonyl (C=O) groups is 1. The summed E-state index contributed by atoms with van der Waals surface area (Å²) in [6.07, 6.45) is 0. The van der Waals surface area contributed by atoms with Crippen molar-refractivity contribution >= 4 is 17.4 Å². The average molecular weight is 203 g/mol. The summed E-state index contributed by atoms with van der Waals surface area (Å²) in [7, 11) is 1.37. The molecule has 0 aliphatic heterocycles. The van der Waals surface area contributed by atoms with Crippen molar-refractivity contribution < 1.29 is 13.9 Å². The zero-order chi connectivity index (χ0) is 10.0. The molecule has 0 N–H and O–H groups in total. The minimum atomic E-state index is -0.536. The maximum absolute atomic E-state index is 12.9. The van der Waals surface area contributed by atoms with Crippen LogP contribution in [0.2, 0.25) is 5.02 Å². The van der Waals surface area contributed by atoms with Crippen LogP contribution in [0.3, 0.4) is 0 Å². The maximum Gasteiger partial charge on any atom is 0.161 e. The van der Waals surface area contributed by atoms with Crippen molar-refractivity contribution in [1.29, 1.82) is 0 Å². The van der Waals surface area contributed by atoms with Crippen molar-refractivity contribution in [2.75, 3.05) is 7.11 Å². The summed E-state index contributed by atoms with van der Waals surface area (Å²) in [5.41, 5.74) is 0.138. The Balaban J connectivity index is 3.35. The van der Waals surface area contributed by atoms with Gasteiger partial charge in [-0.25, -0.2) is 4.39 Å².